The molecular formula is C11H10N2O3. The summed E-state index contributed by atoms with van der Waals surface area (Å²) >= 11 is 0. The van der Waals surface area contributed by atoms with E-state index in [0.29, 0.717) is 17.3 Å². The van der Waals surface area contributed by atoms with Crippen molar-refractivity contribution >= 4 is 5.97 Å². The summed E-state index contributed by atoms with van der Waals surface area (Å²) in [4.78, 5) is 18.6. The fourth-order valence-electron chi connectivity index (χ4n) is 1.35. The van der Waals surface area contributed by atoms with Gasteiger partial charge in [0.25, 0.3) is 0 Å². The first-order chi connectivity index (χ1) is 7.66. The Balaban J connectivity index is 2.34. The molecule has 2 aromatic heterocycles. The first-order valence-corrected chi connectivity index (χ1v) is 4.75. The van der Waals surface area contributed by atoms with Crippen molar-refractivity contribution in [2.75, 3.05) is 0 Å². The predicted octanol–water partition coefficient (Wildman–Crippen LogP) is 1.67. The molecule has 0 fully saturated rings. The van der Waals surface area contributed by atoms with E-state index in [4.69, 9.17) is 9.52 Å². The Bertz CT molecular complexity index is 505. The van der Waals surface area contributed by atoms with Gasteiger partial charge in [-0.05, 0) is 19.1 Å². The van der Waals surface area contributed by atoms with Crippen LogP contribution in [-0.4, -0.2) is 21.0 Å². The summed E-state index contributed by atoms with van der Waals surface area (Å²) < 4.78 is 5.39. The van der Waals surface area contributed by atoms with Gasteiger partial charge >= 0.3 is 5.97 Å². The van der Waals surface area contributed by atoms with Crippen molar-refractivity contribution in [1.82, 2.24) is 9.97 Å². The maximum absolute atomic E-state index is 10.6. The quantitative estimate of drug-likeness (QED) is 0.847. The molecule has 0 aliphatic rings. The van der Waals surface area contributed by atoms with E-state index in [0.717, 1.165) is 5.56 Å². The van der Waals surface area contributed by atoms with Gasteiger partial charge in [-0.25, -0.2) is 4.98 Å². The molecule has 0 saturated heterocycles. The Morgan fingerprint density at radius 3 is 2.75 bits per heavy atom. The number of hydrogen-bond acceptors (Lipinski definition) is 4. The molecule has 0 atom stereocenters. The summed E-state index contributed by atoms with van der Waals surface area (Å²) in [5, 5.41) is 8.67. The van der Waals surface area contributed by atoms with Crippen molar-refractivity contribution in [1.29, 1.82) is 0 Å². The molecule has 0 spiro atoms. The van der Waals surface area contributed by atoms with Crippen molar-refractivity contribution in [2.45, 2.75) is 13.3 Å². The zero-order valence-corrected chi connectivity index (χ0v) is 8.67. The van der Waals surface area contributed by atoms with Gasteiger partial charge in [-0.1, -0.05) is 0 Å². The zero-order valence-electron chi connectivity index (χ0n) is 8.67. The third kappa shape index (κ3) is 2.08. The van der Waals surface area contributed by atoms with Crippen LogP contribution in [0.1, 0.15) is 11.5 Å². The van der Waals surface area contributed by atoms with Crippen molar-refractivity contribution in [3.63, 3.8) is 0 Å². The molecule has 0 saturated carbocycles. The number of aromatic nitrogens is 2. The Labute approximate surface area is 91.8 Å². The van der Waals surface area contributed by atoms with E-state index in [1.54, 1.807) is 31.5 Å². The highest BCUT2D eigenvalue weighted by molar-refractivity contribution is 5.69. The van der Waals surface area contributed by atoms with Crippen LogP contribution in [0.4, 0.5) is 0 Å². The molecule has 0 aliphatic carbocycles. The fourth-order valence-corrected chi connectivity index (χ4v) is 1.35. The highest BCUT2D eigenvalue weighted by atomic mass is 16.4. The van der Waals surface area contributed by atoms with Crippen LogP contribution in [0.2, 0.25) is 0 Å². The zero-order chi connectivity index (χ0) is 11.5. The van der Waals surface area contributed by atoms with E-state index in [1.165, 1.54) is 0 Å². The van der Waals surface area contributed by atoms with E-state index < -0.39 is 5.97 Å². The van der Waals surface area contributed by atoms with Gasteiger partial charge in [-0.2, -0.15) is 0 Å². The molecular weight excluding hydrogens is 208 g/mol. The second-order valence-corrected chi connectivity index (χ2v) is 3.33. The topological polar surface area (TPSA) is 76.2 Å². The van der Waals surface area contributed by atoms with Gasteiger partial charge in [-0.3, -0.25) is 9.78 Å². The van der Waals surface area contributed by atoms with Gasteiger partial charge in [0.1, 0.15) is 12.2 Å². The van der Waals surface area contributed by atoms with Crippen LogP contribution in [-0.2, 0) is 11.2 Å². The van der Waals surface area contributed by atoms with Crippen molar-refractivity contribution < 1.29 is 14.3 Å². The smallest absolute Gasteiger partial charge is 0.311 e. The molecule has 2 aromatic rings. The number of carboxylic acids is 1. The molecule has 0 aromatic carbocycles. The minimum atomic E-state index is -0.930. The first kappa shape index (κ1) is 10.4. The Morgan fingerprint density at radius 2 is 2.12 bits per heavy atom. The average Bonchev–Trinajstić information content (AvgIpc) is 2.61. The molecule has 82 valence electrons. The van der Waals surface area contributed by atoms with Crippen LogP contribution in [0, 0.1) is 6.92 Å². The molecule has 0 amide bonds. The fraction of sp³-hybridized carbons (Fsp3) is 0.182. The SMILES string of the molecule is Cc1nc(-c2ccncc2)oc1CC(=O)O. The van der Waals surface area contributed by atoms with E-state index in [1.807, 2.05) is 0 Å². The number of carbonyl (C=O) groups is 1. The van der Waals surface area contributed by atoms with Crippen molar-refractivity contribution in [3.05, 3.63) is 36.0 Å². The molecule has 5 heteroatoms. The highest BCUT2D eigenvalue weighted by Crippen LogP contribution is 2.21. The lowest BCUT2D eigenvalue weighted by atomic mass is 10.3. The number of nitrogens with zero attached hydrogens (tertiary/aromatic N) is 2. The minimum Gasteiger partial charge on any atom is -0.481 e. The predicted molar refractivity (Wildman–Crippen MR) is 55.8 cm³/mol. The monoisotopic (exact) mass is 218 g/mol. The standard InChI is InChI=1S/C11H10N2O3/c1-7-9(6-10(14)15)16-11(13-7)8-2-4-12-5-3-8/h2-5H,6H2,1H3,(H,14,15). The summed E-state index contributed by atoms with van der Waals surface area (Å²) in [6.45, 7) is 1.73. The maximum Gasteiger partial charge on any atom is 0.311 e. The number of oxazole rings is 1. The van der Waals surface area contributed by atoms with Gasteiger partial charge in [0.15, 0.2) is 0 Å². The van der Waals surface area contributed by atoms with Gasteiger partial charge in [-0.15, -0.1) is 0 Å². The lowest BCUT2D eigenvalue weighted by Crippen LogP contribution is -1.99. The average molecular weight is 218 g/mol. The molecule has 1 N–H and O–H groups in total. The van der Waals surface area contributed by atoms with Crippen LogP contribution in [0.15, 0.2) is 28.9 Å². The van der Waals surface area contributed by atoms with E-state index in [-0.39, 0.29) is 6.42 Å². The molecule has 2 heterocycles. The Morgan fingerprint density at radius 1 is 1.44 bits per heavy atom. The molecule has 5 nitrogen and oxygen atoms in total. The van der Waals surface area contributed by atoms with Gasteiger partial charge < -0.3 is 9.52 Å². The van der Waals surface area contributed by atoms with E-state index in [2.05, 4.69) is 9.97 Å². The van der Waals surface area contributed by atoms with Crippen LogP contribution in [0.25, 0.3) is 11.5 Å². The van der Waals surface area contributed by atoms with Gasteiger partial charge in [0.2, 0.25) is 5.89 Å². The number of hydrogen-bond donors (Lipinski definition) is 1. The largest absolute Gasteiger partial charge is 0.481 e. The molecule has 0 radical (unpaired) electrons. The van der Waals surface area contributed by atoms with E-state index >= 15 is 0 Å². The molecule has 2 rings (SSSR count). The molecule has 0 aliphatic heterocycles. The summed E-state index contributed by atoms with van der Waals surface area (Å²) in [6, 6.07) is 3.52. The Kier molecular flexibility index (Phi) is 2.68. The minimum absolute atomic E-state index is 0.149. The summed E-state index contributed by atoms with van der Waals surface area (Å²) in [6.07, 6.45) is 3.11. The number of aliphatic carboxylic acids is 1. The maximum atomic E-state index is 10.6. The van der Waals surface area contributed by atoms with Crippen molar-refractivity contribution in [2.24, 2.45) is 0 Å². The summed E-state index contributed by atoms with van der Waals surface area (Å²) in [5.41, 5.74) is 1.39. The molecule has 0 bridgehead atoms. The molecule has 16 heavy (non-hydrogen) atoms. The summed E-state index contributed by atoms with van der Waals surface area (Å²) in [7, 11) is 0. The number of pyridine rings is 1. The second-order valence-electron chi connectivity index (χ2n) is 3.33. The number of aryl methyl sites for hydroxylation is 1. The lowest BCUT2D eigenvalue weighted by Gasteiger charge is -1.93. The third-order valence-corrected chi connectivity index (χ3v) is 2.13. The van der Waals surface area contributed by atoms with Crippen LogP contribution < -0.4 is 0 Å². The highest BCUT2D eigenvalue weighted by Gasteiger charge is 2.13. The molecule has 0 unspecified atom stereocenters. The lowest BCUT2D eigenvalue weighted by molar-refractivity contribution is -0.136. The van der Waals surface area contributed by atoms with Gasteiger partial charge in [0.05, 0.1) is 5.69 Å². The van der Waals surface area contributed by atoms with Crippen LogP contribution in [0.3, 0.4) is 0 Å². The van der Waals surface area contributed by atoms with Crippen LogP contribution in [0.5, 0.6) is 0 Å². The number of rotatable bonds is 3. The first-order valence-electron chi connectivity index (χ1n) is 4.75. The summed E-state index contributed by atoms with van der Waals surface area (Å²) in [5.74, 6) is -0.115. The van der Waals surface area contributed by atoms with E-state index in [9.17, 15) is 4.79 Å². The third-order valence-electron chi connectivity index (χ3n) is 2.13. The van der Waals surface area contributed by atoms with Gasteiger partial charge in [0, 0.05) is 18.0 Å². The second kappa shape index (κ2) is 4.14. The number of carboxylic acid groups (broad SMARTS) is 1. The van der Waals surface area contributed by atoms with Crippen LogP contribution >= 0.6 is 0 Å². The normalized spacial score (nSPS) is 10.3. The Hall–Kier alpha value is -2.17. The van der Waals surface area contributed by atoms with Crippen molar-refractivity contribution in [3.8, 4) is 11.5 Å².